The Hall–Kier alpha value is -3.03. The number of ether oxygens (including phenoxy) is 1. The molecule has 1 aromatic carbocycles. The fourth-order valence-electron chi connectivity index (χ4n) is 4.49. The van der Waals surface area contributed by atoms with Crippen LogP contribution in [0.4, 0.5) is 4.79 Å². The van der Waals surface area contributed by atoms with Crippen molar-refractivity contribution in [2.45, 2.75) is 39.2 Å². The predicted molar refractivity (Wildman–Crippen MR) is 117 cm³/mol. The van der Waals surface area contributed by atoms with Gasteiger partial charge in [-0.1, -0.05) is 0 Å². The van der Waals surface area contributed by atoms with Crippen LogP contribution in [0.5, 0.6) is 5.75 Å². The molecule has 8 heteroatoms. The summed E-state index contributed by atoms with van der Waals surface area (Å²) in [6.07, 6.45) is 1.93. The Kier molecular flexibility index (Phi) is 5.64. The van der Waals surface area contributed by atoms with Gasteiger partial charge in [-0.25, -0.2) is 9.59 Å². The zero-order chi connectivity index (χ0) is 22.3. The summed E-state index contributed by atoms with van der Waals surface area (Å²) in [6.45, 7) is 5.53. The molecule has 0 N–H and O–H groups in total. The van der Waals surface area contributed by atoms with E-state index in [4.69, 9.17) is 9.15 Å². The predicted octanol–water partition coefficient (Wildman–Crippen LogP) is 2.18. The molecule has 1 aromatic heterocycles. The number of fused-ring (bicyclic) bond motifs is 3. The Morgan fingerprint density at radius 1 is 1.06 bits per heavy atom. The number of hydrogen-bond donors (Lipinski definition) is 0. The fraction of sp³-hybridized carbons (Fsp3) is 0.522. The lowest BCUT2D eigenvalue weighted by Gasteiger charge is -2.36. The number of benzene rings is 1. The van der Waals surface area contributed by atoms with Crippen LogP contribution in [0.2, 0.25) is 0 Å². The molecule has 4 rings (SSSR count). The Balaban J connectivity index is 1.47. The zero-order valence-electron chi connectivity index (χ0n) is 18.6. The van der Waals surface area contributed by atoms with E-state index in [2.05, 4.69) is 0 Å². The molecule has 1 saturated heterocycles. The molecule has 2 aliphatic rings. The van der Waals surface area contributed by atoms with Crippen molar-refractivity contribution < 1.29 is 18.7 Å². The molecule has 2 heterocycles. The molecule has 1 unspecified atom stereocenters. The van der Waals surface area contributed by atoms with Gasteiger partial charge in [0.15, 0.2) is 6.10 Å². The van der Waals surface area contributed by atoms with Gasteiger partial charge < -0.3 is 23.9 Å². The molecule has 2 aromatic rings. The molecule has 0 spiro atoms. The van der Waals surface area contributed by atoms with Crippen LogP contribution in [0, 0.1) is 6.92 Å². The summed E-state index contributed by atoms with van der Waals surface area (Å²) in [5, 5.41) is 0.956. The third kappa shape index (κ3) is 3.86. The first-order valence-electron chi connectivity index (χ1n) is 10.8. The topological polar surface area (TPSA) is 83.3 Å². The van der Waals surface area contributed by atoms with Gasteiger partial charge in [0.05, 0.1) is 0 Å². The summed E-state index contributed by atoms with van der Waals surface area (Å²) in [5.41, 5.74) is 2.87. The van der Waals surface area contributed by atoms with Gasteiger partial charge in [0.25, 0.3) is 5.91 Å². The smallest absolute Gasteiger partial charge is 0.339 e. The minimum absolute atomic E-state index is 0.0452. The summed E-state index contributed by atoms with van der Waals surface area (Å²) < 4.78 is 11.6. The first-order valence-corrected chi connectivity index (χ1v) is 10.8. The summed E-state index contributed by atoms with van der Waals surface area (Å²) >= 11 is 0. The monoisotopic (exact) mass is 427 g/mol. The number of urea groups is 1. The van der Waals surface area contributed by atoms with Crippen LogP contribution in [-0.2, 0) is 17.6 Å². The van der Waals surface area contributed by atoms with Crippen molar-refractivity contribution >= 4 is 22.9 Å². The van der Waals surface area contributed by atoms with Crippen LogP contribution < -0.4 is 10.4 Å². The number of aryl methyl sites for hydroxylation is 2. The Morgan fingerprint density at radius 3 is 2.39 bits per heavy atom. The summed E-state index contributed by atoms with van der Waals surface area (Å²) in [7, 11) is 3.44. The van der Waals surface area contributed by atoms with Crippen LogP contribution in [0.1, 0.15) is 30.0 Å². The van der Waals surface area contributed by atoms with E-state index in [1.807, 2.05) is 19.1 Å². The van der Waals surface area contributed by atoms with Gasteiger partial charge in [0, 0.05) is 56.8 Å². The SMILES string of the molecule is Cc1c(OC(C)C(=O)N2CCN(C(=O)N(C)C)CC2)ccc2c3c(c(=O)oc12)CCC3. The van der Waals surface area contributed by atoms with Crippen molar-refractivity contribution in [3.8, 4) is 5.75 Å². The van der Waals surface area contributed by atoms with Crippen LogP contribution in [-0.4, -0.2) is 73.0 Å². The highest BCUT2D eigenvalue weighted by Gasteiger charge is 2.29. The van der Waals surface area contributed by atoms with E-state index in [9.17, 15) is 14.4 Å². The Labute approximate surface area is 181 Å². The first kappa shape index (κ1) is 21.2. The molecule has 1 fully saturated rings. The third-order valence-corrected chi connectivity index (χ3v) is 6.24. The maximum Gasteiger partial charge on any atom is 0.339 e. The second-order valence-corrected chi connectivity index (χ2v) is 8.51. The second kappa shape index (κ2) is 8.24. The van der Waals surface area contributed by atoms with Gasteiger partial charge in [0.1, 0.15) is 11.3 Å². The molecular weight excluding hydrogens is 398 g/mol. The minimum Gasteiger partial charge on any atom is -0.480 e. The molecule has 0 radical (unpaired) electrons. The largest absolute Gasteiger partial charge is 0.480 e. The average molecular weight is 428 g/mol. The van der Waals surface area contributed by atoms with Crippen molar-refractivity contribution in [3.05, 3.63) is 39.2 Å². The van der Waals surface area contributed by atoms with Gasteiger partial charge in [-0.3, -0.25) is 4.79 Å². The molecule has 8 nitrogen and oxygen atoms in total. The summed E-state index contributed by atoms with van der Waals surface area (Å²) in [6, 6.07) is 3.73. The Morgan fingerprint density at radius 2 is 1.71 bits per heavy atom. The van der Waals surface area contributed by atoms with Crippen LogP contribution in [0.3, 0.4) is 0 Å². The van der Waals surface area contributed by atoms with Crippen LogP contribution in [0.25, 0.3) is 11.0 Å². The highest BCUT2D eigenvalue weighted by atomic mass is 16.5. The number of carbonyl (C=O) groups excluding carboxylic acids is 2. The molecule has 1 atom stereocenters. The number of piperazine rings is 1. The van der Waals surface area contributed by atoms with E-state index < -0.39 is 6.10 Å². The summed E-state index contributed by atoms with van der Waals surface area (Å²) in [4.78, 5) is 42.3. The van der Waals surface area contributed by atoms with Gasteiger partial charge >= 0.3 is 11.7 Å². The first-order chi connectivity index (χ1) is 14.8. The van der Waals surface area contributed by atoms with Crippen LogP contribution >= 0.6 is 0 Å². The van der Waals surface area contributed by atoms with Gasteiger partial charge in [0.2, 0.25) is 0 Å². The van der Waals surface area contributed by atoms with E-state index in [1.165, 1.54) is 0 Å². The highest BCUT2D eigenvalue weighted by Crippen LogP contribution is 2.33. The van der Waals surface area contributed by atoms with Crippen molar-refractivity contribution in [1.82, 2.24) is 14.7 Å². The molecule has 1 aliphatic heterocycles. The van der Waals surface area contributed by atoms with Crippen molar-refractivity contribution in [2.24, 2.45) is 0 Å². The zero-order valence-corrected chi connectivity index (χ0v) is 18.6. The van der Waals surface area contributed by atoms with Crippen molar-refractivity contribution in [1.29, 1.82) is 0 Å². The minimum atomic E-state index is -0.687. The van der Waals surface area contributed by atoms with Gasteiger partial charge in [-0.05, 0) is 50.8 Å². The van der Waals surface area contributed by atoms with E-state index >= 15 is 0 Å². The number of rotatable bonds is 3. The van der Waals surface area contributed by atoms with E-state index in [0.29, 0.717) is 37.5 Å². The van der Waals surface area contributed by atoms with E-state index in [1.54, 1.807) is 35.7 Å². The van der Waals surface area contributed by atoms with Gasteiger partial charge in [-0.2, -0.15) is 0 Å². The van der Waals surface area contributed by atoms with Crippen molar-refractivity contribution in [3.63, 3.8) is 0 Å². The molecule has 0 saturated carbocycles. The normalized spacial score (nSPS) is 16.9. The fourth-order valence-corrected chi connectivity index (χ4v) is 4.49. The average Bonchev–Trinajstić information content (AvgIpc) is 3.26. The van der Waals surface area contributed by atoms with E-state index in [-0.39, 0.29) is 17.6 Å². The lowest BCUT2D eigenvalue weighted by atomic mass is 10.0. The number of carbonyl (C=O) groups is 2. The number of amides is 3. The summed E-state index contributed by atoms with van der Waals surface area (Å²) in [5.74, 6) is 0.419. The molecular formula is C23H29N3O5. The number of hydrogen-bond acceptors (Lipinski definition) is 5. The molecule has 3 amide bonds. The Bertz CT molecular complexity index is 1080. The maximum atomic E-state index is 12.9. The lowest BCUT2D eigenvalue weighted by Crippen LogP contribution is -2.54. The molecule has 166 valence electrons. The highest BCUT2D eigenvalue weighted by molar-refractivity contribution is 5.87. The van der Waals surface area contributed by atoms with Crippen LogP contribution in [0.15, 0.2) is 21.3 Å². The maximum absolute atomic E-state index is 12.9. The lowest BCUT2D eigenvalue weighted by molar-refractivity contribution is -0.139. The molecule has 1 aliphatic carbocycles. The van der Waals surface area contributed by atoms with E-state index in [0.717, 1.165) is 41.3 Å². The standard InChI is InChI=1S/C23H29N3O5/c1-14-19(9-8-17-16-6-5-7-18(16)22(28)31-20(14)17)30-15(2)21(27)25-10-12-26(13-11-25)23(29)24(3)4/h8-9,15H,5-7,10-13H2,1-4H3. The molecule has 31 heavy (non-hydrogen) atoms. The number of nitrogens with zero attached hydrogens (tertiary/aromatic N) is 3. The quantitative estimate of drug-likeness (QED) is 0.701. The molecule has 0 bridgehead atoms. The van der Waals surface area contributed by atoms with Gasteiger partial charge in [-0.15, -0.1) is 0 Å². The van der Waals surface area contributed by atoms with Crippen molar-refractivity contribution in [2.75, 3.05) is 40.3 Å². The third-order valence-electron chi connectivity index (χ3n) is 6.24. The second-order valence-electron chi connectivity index (χ2n) is 8.51.